The SMILES string of the molecule is CCc1ccc(C(=O)Nc2ccc([C@H](C)O)cc2)cc1. The molecule has 0 heterocycles. The molecule has 2 aromatic carbocycles. The summed E-state index contributed by atoms with van der Waals surface area (Å²) >= 11 is 0. The lowest BCUT2D eigenvalue weighted by Gasteiger charge is -2.08. The van der Waals surface area contributed by atoms with Gasteiger partial charge in [0.15, 0.2) is 0 Å². The lowest BCUT2D eigenvalue weighted by molar-refractivity contribution is 0.102. The van der Waals surface area contributed by atoms with Crippen LogP contribution in [0.4, 0.5) is 5.69 Å². The predicted octanol–water partition coefficient (Wildman–Crippen LogP) is 3.55. The number of carbonyl (C=O) groups excluding carboxylic acids is 1. The van der Waals surface area contributed by atoms with Crippen LogP contribution in [0.5, 0.6) is 0 Å². The first kappa shape index (κ1) is 14.3. The minimum absolute atomic E-state index is 0.127. The van der Waals surface area contributed by atoms with Gasteiger partial charge in [0.1, 0.15) is 0 Å². The molecule has 0 saturated carbocycles. The van der Waals surface area contributed by atoms with Crippen molar-refractivity contribution in [1.29, 1.82) is 0 Å². The van der Waals surface area contributed by atoms with E-state index in [9.17, 15) is 9.90 Å². The maximum Gasteiger partial charge on any atom is 0.255 e. The third kappa shape index (κ3) is 3.45. The molecule has 3 nitrogen and oxygen atoms in total. The molecule has 20 heavy (non-hydrogen) atoms. The summed E-state index contributed by atoms with van der Waals surface area (Å²) in [4.78, 5) is 12.1. The van der Waals surface area contributed by atoms with E-state index in [4.69, 9.17) is 0 Å². The number of rotatable bonds is 4. The maximum atomic E-state index is 12.1. The Labute approximate surface area is 119 Å². The minimum Gasteiger partial charge on any atom is -0.389 e. The van der Waals surface area contributed by atoms with Crippen molar-refractivity contribution in [2.75, 3.05) is 5.32 Å². The van der Waals surface area contributed by atoms with Gasteiger partial charge in [-0.2, -0.15) is 0 Å². The quantitative estimate of drug-likeness (QED) is 0.891. The van der Waals surface area contributed by atoms with Crippen molar-refractivity contribution in [2.45, 2.75) is 26.4 Å². The van der Waals surface area contributed by atoms with Crippen LogP contribution in [0.25, 0.3) is 0 Å². The van der Waals surface area contributed by atoms with Crippen molar-refractivity contribution in [3.8, 4) is 0 Å². The number of anilines is 1. The summed E-state index contributed by atoms with van der Waals surface area (Å²) < 4.78 is 0. The lowest BCUT2D eigenvalue weighted by atomic mass is 10.1. The number of hydrogen-bond donors (Lipinski definition) is 2. The van der Waals surface area contributed by atoms with Gasteiger partial charge in [-0.15, -0.1) is 0 Å². The molecule has 3 heteroatoms. The molecule has 2 N–H and O–H groups in total. The Hall–Kier alpha value is -2.13. The van der Waals surface area contributed by atoms with E-state index in [1.54, 1.807) is 31.2 Å². The highest BCUT2D eigenvalue weighted by molar-refractivity contribution is 6.04. The van der Waals surface area contributed by atoms with Crippen molar-refractivity contribution >= 4 is 11.6 Å². The molecular weight excluding hydrogens is 250 g/mol. The Bertz CT molecular complexity index is 571. The van der Waals surface area contributed by atoms with E-state index in [0.717, 1.165) is 17.7 Å². The first-order valence-corrected chi connectivity index (χ1v) is 6.78. The molecular formula is C17H19NO2. The fourth-order valence-electron chi connectivity index (χ4n) is 1.94. The van der Waals surface area contributed by atoms with Crippen LogP contribution in [0.2, 0.25) is 0 Å². The van der Waals surface area contributed by atoms with Gasteiger partial charge in [-0.3, -0.25) is 4.79 Å². The summed E-state index contributed by atoms with van der Waals surface area (Å²) in [6.45, 7) is 3.79. The van der Waals surface area contributed by atoms with Crippen LogP contribution < -0.4 is 5.32 Å². The van der Waals surface area contributed by atoms with Crippen LogP contribution in [-0.4, -0.2) is 11.0 Å². The second kappa shape index (κ2) is 6.35. The first-order valence-electron chi connectivity index (χ1n) is 6.78. The number of benzene rings is 2. The molecule has 0 radical (unpaired) electrons. The molecule has 0 saturated heterocycles. The minimum atomic E-state index is -0.499. The van der Waals surface area contributed by atoms with E-state index < -0.39 is 6.10 Å². The van der Waals surface area contributed by atoms with Gasteiger partial charge in [-0.05, 0) is 48.7 Å². The van der Waals surface area contributed by atoms with Gasteiger partial charge >= 0.3 is 0 Å². The Morgan fingerprint density at radius 1 is 1.10 bits per heavy atom. The number of carbonyl (C=O) groups is 1. The van der Waals surface area contributed by atoms with E-state index in [0.29, 0.717) is 5.56 Å². The average molecular weight is 269 g/mol. The standard InChI is InChI=1S/C17H19NO2/c1-3-13-4-6-15(7-5-13)17(20)18-16-10-8-14(9-11-16)12(2)19/h4-12,19H,3H2,1-2H3,(H,18,20)/t12-/m0/s1. The van der Waals surface area contributed by atoms with Crippen molar-refractivity contribution < 1.29 is 9.90 Å². The summed E-state index contributed by atoms with van der Waals surface area (Å²) in [7, 11) is 0. The molecule has 1 amide bonds. The average Bonchev–Trinajstić information content (AvgIpc) is 2.48. The zero-order valence-electron chi connectivity index (χ0n) is 11.8. The third-order valence-corrected chi connectivity index (χ3v) is 3.28. The van der Waals surface area contributed by atoms with E-state index in [1.807, 2.05) is 24.3 Å². The van der Waals surface area contributed by atoms with Gasteiger partial charge in [0.05, 0.1) is 6.10 Å². The zero-order chi connectivity index (χ0) is 14.5. The molecule has 0 unspecified atom stereocenters. The van der Waals surface area contributed by atoms with Gasteiger partial charge in [0.2, 0.25) is 0 Å². The highest BCUT2D eigenvalue weighted by Gasteiger charge is 2.06. The summed E-state index contributed by atoms with van der Waals surface area (Å²) in [5, 5.41) is 12.3. The second-order valence-electron chi connectivity index (χ2n) is 4.80. The molecule has 0 spiro atoms. The molecule has 1 atom stereocenters. The highest BCUT2D eigenvalue weighted by Crippen LogP contribution is 2.16. The summed E-state index contributed by atoms with van der Waals surface area (Å²) in [5.41, 5.74) is 3.40. The van der Waals surface area contributed by atoms with Crippen molar-refractivity contribution in [3.63, 3.8) is 0 Å². The molecule has 2 aromatic rings. The Kier molecular flexibility index (Phi) is 4.53. The molecule has 104 valence electrons. The molecule has 0 aromatic heterocycles. The molecule has 0 fully saturated rings. The number of amides is 1. The van der Waals surface area contributed by atoms with Crippen LogP contribution >= 0.6 is 0 Å². The molecule has 2 rings (SSSR count). The Morgan fingerprint density at radius 2 is 1.70 bits per heavy atom. The lowest BCUT2D eigenvalue weighted by Crippen LogP contribution is -2.11. The highest BCUT2D eigenvalue weighted by atomic mass is 16.3. The van der Waals surface area contributed by atoms with Crippen LogP contribution in [-0.2, 0) is 6.42 Å². The van der Waals surface area contributed by atoms with Gasteiger partial charge in [0, 0.05) is 11.3 Å². The predicted molar refractivity (Wildman–Crippen MR) is 80.8 cm³/mol. The zero-order valence-corrected chi connectivity index (χ0v) is 11.8. The van der Waals surface area contributed by atoms with Gasteiger partial charge in [0.25, 0.3) is 5.91 Å². The number of aliphatic hydroxyl groups excluding tert-OH is 1. The van der Waals surface area contributed by atoms with Gasteiger partial charge in [-0.25, -0.2) is 0 Å². The third-order valence-electron chi connectivity index (χ3n) is 3.28. The Morgan fingerprint density at radius 3 is 2.20 bits per heavy atom. The van der Waals surface area contributed by atoms with Crippen LogP contribution in [0.3, 0.4) is 0 Å². The normalized spacial score (nSPS) is 11.9. The number of nitrogens with one attached hydrogen (secondary N) is 1. The summed E-state index contributed by atoms with van der Waals surface area (Å²) in [6, 6.07) is 14.8. The van der Waals surface area contributed by atoms with Crippen molar-refractivity contribution in [3.05, 3.63) is 65.2 Å². The number of aliphatic hydroxyl groups is 1. The van der Waals surface area contributed by atoms with Crippen LogP contribution in [0.1, 0.15) is 41.4 Å². The smallest absolute Gasteiger partial charge is 0.255 e. The topological polar surface area (TPSA) is 49.3 Å². The first-order chi connectivity index (χ1) is 9.60. The van der Waals surface area contributed by atoms with Crippen LogP contribution in [0.15, 0.2) is 48.5 Å². The fourth-order valence-corrected chi connectivity index (χ4v) is 1.94. The second-order valence-corrected chi connectivity index (χ2v) is 4.80. The van der Waals surface area contributed by atoms with E-state index in [-0.39, 0.29) is 5.91 Å². The maximum absolute atomic E-state index is 12.1. The van der Waals surface area contributed by atoms with Crippen LogP contribution in [0, 0.1) is 0 Å². The summed E-state index contributed by atoms with van der Waals surface area (Å²) in [6.07, 6.45) is 0.462. The van der Waals surface area contributed by atoms with Crippen molar-refractivity contribution in [2.24, 2.45) is 0 Å². The Balaban J connectivity index is 2.06. The largest absolute Gasteiger partial charge is 0.389 e. The summed E-state index contributed by atoms with van der Waals surface area (Å²) in [5.74, 6) is -0.127. The van der Waals surface area contributed by atoms with E-state index in [2.05, 4.69) is 12.2 Å². The van der Waals surface area contributed by atoms with Gasteiger partial charge < -0.3 is 10.4 Å². The monoisotopic (exact) mass is 269 g/mol. The molecule has 0 aliphatic heterocycles. The molecule has 0 aliphatic carbocycles. The van der Waals surface area contributed by atoms with E-state index >= 15 is 0 Å². The van der Waals surface area contributed by atoms with E-state index in [1.165, 1.54) is 5.56 Å². The van der Waals surface area contributed by atoms with Crippen molar-refractivity contribution in [1.82, 2.24) is 0 Å². The molecule has 0 bridgehead atoms. The molecule has 0 aliphatic rings. The number of aryl methyl sites for hydroxylation is 1. The number of hydrogen-bond acceptors (Lipinski definition) is 2. The fraction of sp³-hybridized carbons (Fsp3) is 0.235. The van der Waals surface area contributed by atoms with Gasteiger partial charge in [-0.1, -0.05) is 31.2 Å².